The van der Waals surface area contributed by atoms with Crippen molar-refractivity contribution in [1.29, 1.82) is 0 Å². The lowest BCUT2D eigenvalue weighted by atomic mass is 10.0. The number of methoxy groups -OCH3 is 2. The molecule has 3 nitrogen and oxygen atoms in total. The van der Waals surface area contributed by atoms with E-state index in [0.29, 0.717) is 4.47 Å². The van der Waals surface area contributed by atoms with E-state index in [0.717, 1.165) is 12.1 Å². The monoisotopic (exact) mass is 358 g/mol. The van der Waals surface area contributed by atoms with Gasteiger partial charge in [-0.1, -0.05) is 15.9 Å². The van der Waals surface area contributed by atoms with E-state index in [-0.39, 0.29) is 22.6 Å². The molecule has 0 aliphatic rings. The summed E-state index contributed by atoms with van der Waals surface area (Å²) in [6.07, 6.45) is -1.32. The van der Waals surface area contributed by atoms with Gasteiger partial charge in [-0.2, -0.15) is 0 Å². The molecule has 0 spiro atoms. The van der Waals surface area contributed by atoms with Crippen LogP contribution in [-0.4, -0.2) is 19.3 Å². The van der Waals surface area contributed by atoms with Crippen molar-refractivity contribution in [2.45, 2.75) is 6.10 Å². The van der Waals surface area contributed by atoms with Crippen molar-refractivity contribution in [2.75, 3.05) is 14.2 Å². The molecular weight excluding hydrogens is 346 g/mol. The quantitative estimate of drug-likeness (QED) is 0.902. The maximum absolute atomic E-state index is 14.1. The van der Waals surface area contributed by atoms with E-state index in [9.17, 15) is 13.9 Å². The maximum Gasteiger partial charge on any atom is 0.163 e. The summed E-state index contributed by atoms with van der Waals surface area (Å²) >= 11 is 3.13. The van der Waals surface area contributed by atoms with Gasteiger partial charge in [0.05, 0.1) is 14.2 Å². The fourth-order valence-corrected chi connectivity index (χ4v) is 2.48. The summed E-state index contributed by atoms with van der Waals surface area (Å²) in [6, 6.07) is 6.36. The van der Waals surface area contributed by atoms with Gasteiger partial charge in [0.2, 0.25) is 0 Å². The molecule has 0 heterocycles. The van der Waals surface area contributed by atoms with Crippen molar-refractivity contribution < 1.29 is 23.4 Å². The number of aliphatic hydroxyl groups is 1. The molecule has 0 saturated heterocycles. The van der Waals surface area contributed by atoms with Crippen molar-refractivity contribution in [1.82, 2.24) is 0 Å². The Morgan fingerprint density at radius 1 is 1.00 bits per heavy atom. The van der Waals surface area contributed by atoms with Crippen LogP contribution < -0.4 is 9.47 Å². The van der Waals surface area contributed by atoms with Crippen LogP contribution in [0.25, 0.3) is 0 Å². The lowest BCUT2D eigenvalue weighted by molar-refractivity contribution is 0.213. The smallest absolute Gasteiger partial charge is 0.163 e. The van der Waals surface area contributed by atoms with Crippen LogP contribution in [0.5, 0.6) is 11.5 Å². The summed E-state index contributed by atoms with van der Waals surface area (Å²) in [6.45, 7) is 0. The van der Waals surface area contributed by atoms with Crippen LogP contribution in [0.1, 0.15) is 17.2 Å². The molecule has 0 bridgehead atoms. The van der Waals surface area contributed by atoms with Crippen LogP contribution >= 0.6 is 15.9 Å². The molecule has 2 aromatic rings. The molecule has 1 atom stereocenters. The third-order valence-electron chi connectivity index (χ3n) is 3.00. The summed E-state index contributed by atoms with van der Waals surface area (Å²) in [5.41, 5.74) is 0.207. The highest BCUT2D eigenvalue weighted by atomic mass is 79.9. The lowest BCUT2D eigenvalue weighted by Gasteiger charge is -2.16. The van der Waals surface area contributed by atoms with Gasteiger partial charge in [0.15, 0.2) is 11.5 Å². The molecule has 0 saturated carbocycles. The zero-order valence-electron chi connectivity index (χ0n) is 11.4. The van der Waals surface area contributed by atoms with Crippen molar-refractivity contribution in [3.63, 3.8) is 0 Å². The van der Waals surface area contributed by atoms with E-state index in [1.54, 1.807) is 0 Å². The first kappa shape index (κ1) is 15.7. The average Bonchev–Trinajstić information content (AvgIpc) is 2.45. The first-order valence-corrected chi connectivity index (χ1v) is 6.81. The number of ether oxygens (including phenoxy) is 2. The second kappa shape index (κ2) is 6.41. The second-order valence-corrected chi connectivity index (χ2v) is 5.25. The first-order valence-electron chi connectivity index (χ1n) is 6.01. The van der Waals surface area contributed by atoms with Gasteiger partial charge in [-0.05, 0) is 29.8 Å². The van der Waals surface area contributed by atoms with E-state index < -0.39 is 17.7 Å². The second-order valence-electron chi connectivity index (χ2n) is 4.33. The summed E-state index contributed by atoms with van der Waals surface area (Å²) in [5, 5.41) is 10.3. The Labute approximate surface area is 129 Å². The largest absolute Gasteiger partial charge is 0.493 e. The number of benzene rings is 2. The minimum atomic E-state index is -1.32. The number of aliphatic hydroxyl groups excluding tert-OH is 1. The Kier molecular flexibility index (Phi) is 4.80. The van der Waals surface area contributed by atoms with Gasteiger partial charge in [-0.15, -0.1) is 0 Å². The molecule has 21 heavy (non-hydrogen) atoms. The first-order chi connectivity index (χ1) is 9.96. The van der Waals surface area contributed by atoms with Gasteiger partial charge in [0.25, 0.3) is 0 Å². The maximum atomic E-state index is 14.1. The highest BCUT2D eigenvalue weighted by Gasteiger charge is 2.20. The van der Waals surface area contributed by atoms with Crippen LogP contribution in [-0.2, 0) is 0 Å². The van der Waals surface area contributed by atoms with E-state index in [2.05, 4.69) is 15.9 Å². The minimum absolute atomic E-state index is 0.0230. The van der Waals surface area contributed by atoms with E-state index in [1.807, 2.05) is 0 Å². The summed E-state index contributed by atoms with van der Waals surface area (Å²) in [4.78, 5) is 0. The zero-order valence-corrected chi connectivity index (χ0v) is 12.9. The Balaban J connectivity index is 2.49. The van der Waals surface area contributed by atoms with E-state index >= 15 is 0 Å². The Hall–Kier alpha value is -1.66. The molecule has 0 aliphatic heterocycles. The lowest BCUT2D eigenvalue weighted by Crippen LogP contribution is -2.05. The van der Waals surface area contributed by atoms with Crippen molar-refractivity contribution >= 4 is 15.9 Å². The van der Waals surface area contributed by atoms with Crippen LogP contribution in [0.4, 0.5) is 8.78 Å². The van der Waals surface area contributed by atoms with Gasteiger partial charge in [-0.3, -0.25) is 0 Å². The number of rotatable bonds is 4. The van der Waals surface area contributed by atoms with Crippen molar-refractivity contribution in [2.24, 2.45) is 0 Å². The molecule has 2 rings (SSSR count). The average molecular weight is 359 g/mol. The Morgan fingerprint density at radius 3 is 2.19 bits per heavy atom. The van der Waals surface area contributed by atoms with Crippen LogP contribution in [0.3, 0.4) is 0 Å². The molecule has 0 aliphatic carbocycles. The van der Waals surface area contributed by atoms with E-state index in [4.69, 9.17) is 9.47 Å². The molecule has 1 N–H and O–H groups in total. The molecule has 0 amide bonds. The topological polar surface area (TPSA) is 38.7 Å². The predicted molar refractivity (Wildman–Crippen MR) is 77.7 cm³/mol. The molecule has 1 unspecified atom stereocenters. The Bertz CT molecular complexity index is 641. The number of hydrogen-bond donors (Lipinski definition) is 1. The summed E-state index contributed by atoms with van der Waals surface area (Å²) in [7, 11) is 2.79. The molecule has 0 radical (unpaired) electrons. The fourth-order valence-electron chi connectivity index (χ4n) is 1.99. The van der Waals surface area contributed by atoms with Crippen molar-refractivity contribution in [3.8, 4) is 11.5 Å². The molecule has 2 aromatic carbocycles. The van der Waals surface area contributed by atoms with Crippen LogP contribution in [0.15, 0.2) is 34.8 Å². The molecule has 0 aromatic heterocycles. The SMILES string of the molecule is COc1cc(F)c(C(O)c2cc(F)cc(Br)c2)cc1OC. The molecule has 6 heteroatoms. The van der Waals surface area contributed by atoms with Crippen LogP contribution in [0.2, 0.25) is 0 Å². The van der Waals surface area contributed by atoms with Crippen LogP contribution in [0, 0.1) is 11.6 Å². The minimum Gasteiger partial charge on any atom is -0.493 e. The van der Waals surface area contributed by atoms with E-state index in [1.165, 1.54) is 32.4 Å². The van der Waals surface area contributed by atoms with Crippen molar-refractivity contribution in [3.05, 3.63) is 57.6 Å². The third kappa shape index (κ3) is 3.33. The fraction of sp³-hybridized carbons (Fsp3) is 0.200. The predicted octanol–water partition coefficient (Wildman–Crippen LogP) is 3.83. The number of hydrogen-bond acceptors (Lipinski definition) is 3. The third-order valence-corrected chi connectivity index (χ3v) is 3.46. The summed E-state index contributed by atoms with van der Waals surface area (Å²) in [5.74, 6) is -0.699. The molecule has 112 valence electrons. The van der Waals surface area contributed by atoms with Gasteiger partial charge in [0.1, 0.15) is 17.7 Å². The summed E-state index contributed by atoms with van der Waals surface area (Å²) < 4.78 is 38.0. The molecule has 0 fully saturated rings. The number of halogens is 3. The van der Waals surface area contributed by atoms with Gasteiger partial charge >= 0.3 is 0 Å². The Morgan fingerprint density at radius 2 is 1.62 bits per heavy atom. The van der Waals surface area contributed by atoms with Gasteiger partial charge in [-0.25, -0.2) is 8.78 Å². The zero-order chi connectivity index (χ0) is 15.6. The van der Waals surface area contributed by atoms with Gasteiger partial charge < -0.3 is 14.6 Å². The standard InChI is InChI=1S/C15H13BrF2O3/c1-20-13-6-11(12(18)7-14(13)21-2)15(19)8-3-9(16)5-10(17)4-8/h3-7,15,19H,1-2H3. The highest BCUT2D eigenvalue weighted by molar-refractivity contribution is 9.10. The highest BCUT2D eigenvalue weighted by Crippen LogP contribution is 2.35. The van der Waals surface area contributed by atoms with Gasteiger partial charge in [0, 0.05) is 16.1 Å². The normalized spacial score (nSPS) is 12.1. The molecular formula is C15H13BrF2O3.